The fraction of sp³-hybridized carbons (Fsp3) is 0.625. The maximum atomic E-state index is 4.19. The number of aliphatic imine (C=N–C) groups is 1. The van der Waals surface area contributed by atoms with Crippen LogP contribution >= 0.6 is 15.9 Å². The van der Waals surface area contributed by atoms with E-state index in [1.165, 1.54) is 0 Å². The van der Waals surface area contributed by atoms with E-state index in [-0.39, 0.29) is 5.54 Å². The molecule has 0 amide bonds. The van der Waals surface area contributed by atoms with Crippen LogP contribution in [0.3, 0.4) is 0 Å². The largest absolute Gasteiger partial charge is 0.352 e. The highest BCUT2D eigenvalue weighted by Gasteiger charge is 2.18. The van der Waals surface area contributed by atoms with E-state index in [4.69, 9.17) is 0 Å². The Balaban J connectivity index is 2.71. The third-order valence-electron chi connectivity index (χ3n) is 1.59. The molecule has 1 rings (SSSR count). The predicted molar refractivity (Wildman–Crippen MR) is 52.0 cm³/mol. The van der Waals surface area contributed by atoms with Gasteiger partial charge in [0.15, 0.2) is 0 Å². The minimum Gasteiger partial charge on any atom is -0.352 e. The van der Waals surface area contributed by atoms with Gasteiger partial charge < -0.3 is 4.90 Å². The average molecular weight is 217 g/mol. The van der Waals surface area contributed by atoms with E-state index in [1.807, 2.05) is 6.21 Å². The number of allylic oxidation sites excluding steroid dienone is 1. The number of rotatable bonds is 0. The molecule has 1 aliphatic heterocycles. The Morgan fingerprint density at radius 1 is 1.55 bits per heavy atom. The zero-order chi connectivity index (χ0) is 8.48. The normalized spacial score (nSPS) is 18.5. The van der Waals surface area contributed by atoms with E-state index in [2.05, 4.69) is 52.8 Å². The zero-order valence-corrected chi connectivity index (χ0v) is 8.72. The minimum absolute atomic E-state index is 0.163. The first-order valence-electron chi connectivity index (χ1n) is 3.64. The van der Waals surface area contributed by atoms with E-state index in [0.717, 1.165) is 11.2 Å². The molecule has 0 radical (unpaired) electrons. The minimum atomic E-state index is 0.163. The van der Waals surface area contributed by atoms with E-state index in [0.29, 0.717) is 0 Å². The van der Waals surface area contributed by atoms with Gasteiger partial charge in [0.1, 0.15) is 6.67 Å². The van der Waals surface area contributed by atoms with Crippen LogP contribution in [0.2, 0.25) is 0 Å². The van der Waals surface area contributed by atoms with Gasteiger partial charge in [-0.15, -0.1) is 0 Å². The van der Waals surface area contributed by atoms with Gasteiger partial charge in [-0.2, -0.15) is 0 Å². The third-order valence-corrected chi connectivity index (χ3v) is 2.00. The Morgan fingerprint density at radius 2 is 2.18 bits per heavy atom. The molecule has 2 nitrogen and oxygen atoms in total. The molecule has 0 N–H and O–H groups in total. The fourth-order valence-electron chi connectivity index (χ4n) is 0.845. The average Bonchev–Trinajstić information content (AvgIpc) is 1.86. The zero-order valence-electron chi connectivity index (χ0n) is 7.13. The summed E-state index contributed by atoms with van der Waals surface area (Å²) in [6.45, 7) is 7.28. The Morgan fingerprint density at radius 3 is 2.55 bits per heavy atom. The summed E-state index contributed by atoms with van der Waals surface area (Å²) in [5.41, 5.74) is 0.163. The van der Waals surface area contributed by atoms with Gasteiger partial charge in [0.2, 0.25) is 0 Å². The van der Waals surface area contributed by atoms with E-state index in [1.54, 1.807) is 0 Å². The number of hydrogen-bond donors (Lipinski definition) is 0. The van der Waals surface area contributed by atoms with Crippen molar-refractivity contribution in [1.29, 1.82) is 0 Å². The second-order valence-electron chi connectivity index (χ2n) is 3.61. The molecule has 0 aliphatic carbocycles. The molecule has 0 saturated heterocycles. The van der Waals surface area contributed by atoms with E-state index < -0.39 is 0 Å². The lowest BCUT2D eigenvalue weighted by atomic mass is 10.1. The molecule has 0 atom stereocenters. The second kappa shape index (κ2) is 2.97. The Hall–Kier alpha value is -0.310. The quantitative estimate of drug-likeness (QED) is 0.608. The van der Waals surface area contributed by atoms with Crippen molar-refractivity contribution in [3.63, 3.8) is 0 Å². The van der Waals surface area contributed by atoms with Crippen LogP contribution in [0.25, 0.3) is 0 Å². The SMILES string of the molecule is CC(C)(C)N1C=C(Br)C=NC1. The maximum Gasteiger partial charge on any atom is 0.110 e. The van der Waals surface area contributed by atoms with E-state index >= 15 is 0 Å². The summed E-state index contributed by atoms with van der Waals surface area (Å²) in [6.07, 6.45) is 3.91. The molecule has 11 heavy (non-hydrogen) atoms. The van der Waals surface area contributed by atoms with Crippen molar-refractivity contribution in [2.45, 2.75) is 26.3 Å². The summed E-state index contributed by atoms with van der Waals surface area (Å²) in [5, 5.41) is 0. The summed E-state index contributed by atoms with van der Waals surface area (Å²) in [7, 11) is 0. The van der Waals surface area contributed by atoms with Gasteiger partial charge in [-0.1, -0.05) is 0 Å². The predicted octanol–water partition coefficient (Wildman–Crippen LogP) is 2.37. The van der Waals surface area contributed by atoms with Crippen LogP contribution in [0.5, 0.6) is 0 Å². The van der Waals surface area contributed by atoms with Crippen LogP contribution in [0.15, 0.2) is 15.7 Å². The highest BCUT2D eigenvalue weighted by atomic mass is 79.9. The van der Waals surface area contributed by atoms with Crippen molar-refractivity contribution >= 4 is 22.1 Å². The van der Waals surface area contributed by atoms with Crippen LogP contribution in [-0.2, 0) is 0 Å². The van der Waals surface area contributed by atoms with Gasteiger partial charge in [-0.3, -0.25) is 4.99 Å². The highest BCUT2D eigenvalue weighted by molar-refractivity contribution is 9.12. The van der Waals surface area contributed by atoms with Crippen molar-refractivity contribution in [3.05, 3.63) is 10.7 Å². The van der Waals surface area contributed by atoms with Crippen LogP contribution < -0.4 is 0 Å². The molecule has 0 bridgehead atoms. The van der Waals surface area contributed by atoms with Crippen LogP contribution in [-0.4, -0.2) is 23.3 Å². The first-order chi connectivity index (χ1) is 5.00. The topological polar surface area (TPSA) is 15.6 Å². The van der Waals surface area contributed by atoms with Crippen molar-refractivity contribution in [2.24, 2.45) is 4.99 Å². The Bertz CT molecular complexity index is 201. The van der Waals surface area contributed by atoms with Crippen molar-refractivity contribution < 1.29 is 0 Å². The lowest BCUT2D eigenvalue weighted by Gasteiger charge is -2.34. The maximum absolute atomic E-state index is 4.19. The summed E-state index contributed by atoms with van der Waals surface area (Å²) in [6, 6.07) is 0. The van der Waals surface area contributed by atoms with Crippen LogP contribution in [0, 0.1) is 0 Å². The molecule has 0 aromatic carbocycles. The van der Waals surface area contributed by atoms with Crippen molar-refractivity contribution in [1.82, 2.24) is 4.90 Å². The van der Waals surface area contributed by atoms with Gasteiger partial charge in [0, 0.05) is 18.0 Å². The summed E-state index contributed by atoms with van der Waals surface area (Å²) >= 11 is 3.39. The molecule has 0 spiro atoms. The van der Waals surface area contributed by atoms with Gasteiger partial charge in [-0.05, 0) is 36.7 Å². The first-order valence-corrected chi connectivity index (χ1v) is 4.43. The molecule has 62 valence electrons. The summed E-state index contributed by atoms with van der Waals surface area (Å²) in [4.78, 5) is 6.38. The van der Waals surface area contributed by atoms with Crippen molar-refractivity contribution in [3.8, 4) is 0 Å². The highest BCUT2D eigenvalue weighted by Crippen LogP contribution is 2.18. The van der Waals surface area contributed by atoms with Gasteiger partial charge in [-0.25, -0.2) is 0 Å². The smallest absolute Gasteiger partial charge is 0.110 e. The standard InChI is InChI=1S/C8H13BrN2/c1-8(2,3)11-5-7(9)4-10-6-11/h4-5H,6H2,1-3H3. The summed E-state index contributed by atoms with van der Waals surface area (Å²) in [5.74, 6) is 0. The second-order valence-corrected chi connectivity index (χ2v) is 4.52. The Kier molecular flexibility index (Phi) is 2.37. The van der Waals surface area contributed by atoms with Crippen LogP contribution in [0.4, 0.5) is 0 Å². The molecule has 0 unspecified atom stereocenters. The lowest BCUT2D eigenvalue weighted by Crippen LogP contribution is -2.38. The van der Waals surface area contributed by atoms with Crippen LogP contribution in [0.1, 0.15) is 20.8 Å². The van der Waals surface area contributed by atoms with Gasteiger partial charge in [0.05, 0.1) is 4.48 Å². The van der Waals surface area contributed by atoms with E-state index in [9.17, 15) is 0 Å². The monoisotopic (exact) mass is 216 g/mol. The molecule has 0 fully saturated rings. The fourth-order valence-corrected chi connectivity index (χ4v) is 1.24. The molecule has 3 heteroatoms. The van der Waals surface area contributed by atoms with Gasteiger partial charge >= 0.3 is 0 Å². The molecule has 0 aromatic heterocycles. The molecule has 1 heterocycles. The lowest BCUT2D eigenvalue weighted by molar-refractivity contribution is 0.210. The van der Waals surface area contributed by atoms with Gasteiger partial charge in [0.25, 0.3) is 0 Å². The number of nitrogens with zero attached hydrogens (tertiary/aromatic N) is 2. The third kappa shape index (κ3) is 2.33. The molecule has 0 saturated carbocycles. The molecular weight excluding hydrogens is 204 g/mol. The summed E-state index contributed by atoms with van der Waals surface area (Å²) < 4.78 is 1.04. The molecule has 0 aromatic rings. The Labute approximate surface area is 76.1 Å². The first kappa shape index (κ1) is 8.78. The van der Waals surface area contributed by atoms with Crippen molar-refractivity contribution in [2.75, 3.05) is 6.67 Å². The number of hydrogen-bond acceptors (Lipinski definition) is 2. The number of halogens is 1. The molecule has 1 aliphatic rings. The molecular formula is C8H13BrN2.